The molecule has 0 saturated carbocycles. The quantitative estimate of drug-likeness (QED) is 0.348. The minimum absolute atomic E-state index is 0. The number of halogens is 1. The third-order valence-corrected chi connectivity index (χ3v) is 9.08. The second kappa shape index (κ2) is 10.3. The molecule has 2 aliphatic rings. The lowest BCUT2D eigenvalue weighted by atomic mass is 10.0. The fraction of sp³-hybridized carbons (Fsp3) is 0.296. The first-order chi connectivity index (χ1) is 17.1. The maximum Gasteiger partial charge on any atom is 0.230 e. The van der Waals surface area contributed by atoms with Gasteiger partial charge in [0.05, 0.1) is 16.1 Å². The van der Waals surface area contributed by atoms with Gasteiger partial charge in [-0.2, -0.15) is 0 Å². The molecule has 6 nitrogen and oxygen atoms in total. The van der Waals surface area contributed by atoms with Crippen LogP contribution in [0.15, 0.2) is 54.6 Å². The molecule has 1 fully saturated rings. The smallest absolute Gasteiger partial charge is 0.230 e. The van der Waals surface area contributed by atoms with Gasteiger partial charge in [0.1, 0.15) is 10.0 Å². The molecule has 0 radical (unpaired) electrons. The predicted octanol–water partition coefficient (Wildman–Crippen LogP) is 5.82. The molecule has 0 spiro atoms. The van der Waals surface area contributed by atoms with E-state index < -0.39 is 0 Å². The van der Waals surface area contributed by atoms with Crippen LogP contribution in [0.1, 0.15) is 23.8 Å². The van der Waals surface area contributed by atoms with E-state index in [1.807, 2.05) is 48.5 Å². The second-order valence-electron chi connectivity index (χ2n) is 9.04. The number of nitrogens with zero attached hydrogens (tertiary/aromatic N) is 3. The molecule has 6 rings (SSSR count). The number of fused-ring (bicyclic) bond motifs is 2. The number of amides is 2. The standard InChI is InChI=1S/C27H26N4O2S2.ClH/c1-2-30-13-12-19-22(16-30)35-27(24(19)26-28-20-10-6-7-11-21(20)34-26)29-25(33)17-14-23(32)31(15-17)18-8-4-3-5-9-18;/h3-11,17H,2,12-16H2,1H3,(H,29,33);1H. The fourth-order valence-electron chi connectivity index (χ4n) is 4.97. The van der Waals surface area contributed by atoms with E-state index in [1.54, 1.807) is 27.6 Å². The van der Waals surface area contributed by atoms with Gasteiger partial charge in [0.2, 0.25) is 11.8 Å². The van der Waals surface area contributed by atoms with Crippen molar-refractivity contribution in [3.63, 3.8) is 0 Å². The number of para-hydroxylation sites is 2. The molecule has 186 valence electrons. The Morgan fingerprint density at radius 3 is 2.67 bits per heavy atom. The van der Waals surface area contributed by atoms with Crippen molar-refractivity contribution in [3.05, 3.63) is 65.0 Å². The Balaban J connectivity index is 0.00000267. The van der Waals surface area contributed by atoms with Crippen LogP contribution < -0.4 is 10.2 Å². The number of carbonyl (C=O) groups excluding carboxylic acids is 2. The maximum atomic E-state index is 13.4. The normalized spacial score (nSPS) is 17.8. The largest absolute Gasteiger partial charge is 0.317 e. The number of hydrogen-bond acceptors (Lipinski definition) is 6. The zero-order chi connectivity index (χ0) is 23.9. The van der Waals surface area contributed by atoms with Gasteiger partial charge < -0.3 is 10.2 Å². The number of thiazole rings is 1. The van der Waals surface area contributed by atoms with Crippen LogP contribution in [0.5, 0.6) is 0 Å². The van der Waals surface area contributed by atoms with Crippen LogP contribution in [0.3, 0.4) is 0 Å². The first kappa shape index (κ1) is 24.9. The van der Waals surface area contributed by atoms with Crippen molar-refractivity contribution >= 4 is 67.8 Å². The van der Waals surface area contributed by atoms with Crippen molar-refractivity contribution in [1.82, 2.24) is 9.88 Å². The van der Waals surface area contributed by atoms with Gasteiger partial charge in [-0.05, 0) is 42.8 Å². The van der Waals surface area contributed by atoms with Crippen LogP contribution >= 0.6 is 35.1 Å². The SMILES string of the molecule is CCN1CCc2c(sc(NC(=O)C3CC(=O)N(c4ccccc4)C3)c2-c2nc3ccccc3s2)C1.Cl. The summed E-state index contributed by atoms with van der Waals surface area (Å²) in [5.74, 6) is -0.478. The highest BCUT2D eigenvalue weighted by Crippen LogP contribution is 2.46. The van der Waals surface area contributed by atoms with Crippen molar-refractivity contribution in [2.45, 2.75) is 26.3 Å². The molecular weight excluding hydrogens is 512 g/mol. The molecule has 4 aromatic rings. The summed E-state index contributed by atoms with van der Waals surface area (Å²) < 4.78 is 1.14. The Hall–Kier alpha value is -2.78. The van der Waals surface area contributed by atoms with E-state index in [1.165, 1.54) is 10.4 Å². The molecule has 0 bridgehead atoms. The first-order valence-electron chi connectivity index (χ1n) is 12.0. The Kier molecular flexibility index (Phi) is 7.12. The molecule has 1 atom stereocenters. The summed E-state index contributed by atoms with van der Waals surface area (Å²) in [6.07, 6.45) is 1.18. The lowest BCUT2D eigenvalue weighted by Crippen LogP contribution is -2.29. The molecule has 1 N–H and O–H groups in total. The molecule has 2 aromatic heterocycles. The number of aromatic nitrogens is 1. The topological polar surface area (TPSA) is 65.5 Å². The number of hydrogen-bond donors (Lipinski definition) is 1. The molecule has 2 aliphatic heterocycles. The zero-order valence-corrected chi connectivity index (χ0v) is 22.3. The number of benzene rings is 2. The van der Waals surface area contributed by atoms with Crippen LogP contribution in [-0.2, 0) is 22.6 Å². The molecular formula is C27H27ClN4O2S2. The van der Waals surface area contributed by atoms with Gasteiger partial charge in [-0.25, -0.2) is 4.98 Å². The van der Waals surface area contributed by atoms with E-state index in [9.17, 15) is 9.59 Å². The monoisotopic (exact) mass is 538 g/mol. The number of thiophene rings is 1. The summed E-state index contributed by atoms with van der Waals surface area (Å²) in [6, 6.07) is 17.7. The van der Waals surface area contributed by atoms with E-state index in [2.05, 4.69) is 23.2 Å². The van der Waals surface area contributed by atoms with Gasteiger partial charge in [-0.3, -0.25) is 14.5 Å². The average molecular weight is 539 g/mol. The summed E-state index contributed by atoms with van der Waals surface area (Å²) in [6.45, 7) is 5.50. The van der Waals surface area contributed by atoms with Crippen LogP contribution in [0.4, 0.5) is 10.7 Å². The highest BCUT2D eigenvalue weighted by Gasteiger charge is 2.36. The number of anilines is 2. The number of rotatable bonds is 5. The Morgan fingerprint density at radius 1 is 1.11 bits per heavy atom. The summed E-state index contributed by atoms with van der Waals surface area (Å²) in [4.78, 5) is 36.5. The molecule has 36 heavy (non-hydrogen) atoms. The summed E-state index contributed by atoms with van der Waals surface area (Å²) in [5, 5.41) is 5.05. The van der Waals surface area contributed by atoms with Crippen LogP contribution in [0, 0.1) is 5.92 Å². The van der Waals surface area contributed by atoms with Gasteiger partial charge in [0, 0.05) is 42.2 Å². The fourth-order valence-corrected chi connectivity index (χ4v) is 7.38. The molecule has 4 heterocycles. The van der Waals surface area contributed by atoms with E-state index >= 15 is 0 Å². The third-order valence-electron chi connectivity index (χ3n) is 6.89. The van der Waals surface area contributed by atoms with Crippen LogP contribution in [-0.4, -0.2) is 41.3 Å². The number of carbonyl (C=O) groups is 2. The average Bonchev–Trinajstić information content (AvgIpc) is 3.58. The molecule has 9 heteroatoms. The molecule has 0 aliphatic carbocycles. The Morgan fingerprint density at radius 2 is 1.89 bits per heavy atom. The van der Waals surface area contributed by atoms with Gasteiger partial charge in [0.25, 0.3) is 0 Å². The lowest BCUT2D eigenvalue weighted by molar-refractivity contribution is -0.122. The van der Waals surface area contributed by atoms with E-state index in [0.717, 1.165) is 57.5 Å². The summed E-state index contributed by atoms with van der Waals surface area (Å²) in [5.41, 5.74) is 4.20. The van der Waals surface area contributed by atoms with Gasteiger partial charge in [0.15, 0.2) is 0 Å². The van der Waals surface area contributed by atoms with Gasteiger partial charge >= 0.3 is 0 Å². The zero-order valence-electron chi connectivity index (χ0n) is 19.9. The van der Waals surface area contributed by atoms with Gasteiger partial charge in [-0.15, -0.1) is 35.1 Å². The van der Waals surface area contributed by atoms with Crippen LogP contribution in [0.2, 0.25) is 0 Å². The minimum atomic E-state index is -0.378. The summed E-state index contributed by atoms with van der Waals surface area (Å²) >= 11 is 3.34. The molecule has 1 saturated heterocycles. The Bertz CT molecular complexity index is 1380. The van der Waals surface area contributed by atoms with Gasteiger partial charge in [-0.1, -0.05) is 37.3 Å². The highest BCUT2D eigenvalue weighted by atomic mass is 35.5. The molecule has 1 unspecified atom stereocenters. The van der Waals surface area contributed by atoms with E-state index in [0.29, 0.717) is 6.54 Å². The second-order valence-corrected chi connectivity index (χ2v) is 11.2. The third kappa shape index (κ3) is 4.54. The van der Waals surface area contributed by atoms with E-state index in [4.69, 9.17) is 4.98 Å². The highest BCUT2D eigenvalue weighted by molar-refractivity contribution is 7.22. The van der Waals surface area contributed by atoms with Crippen molar-refractivity contribution in [3.8, 4) is 10.6 Å². The number of likely N-dealkylation sites (N-methyl/N-ethyl adjacent to an activating group) is 1. The maximum absolute atomic E-state index is 13.4. The predicted molar refractivity (Wildman–Crippen MR) is 150 cm³/mol. The van der Waals surface area contributed by atoms with Crippen LogP contribution in [0.25, 0.3) is 20.8 Å². The number of nitrogens with one attached hydrogen (secondary N) is 1. The molecule has 2 amide bonds. The minimum Gasteiger partial charge on any atom is -0.317 e. The van der Waals surface area contributed by atoms with Crippen molar-refractivity contribution in [2.75, 3.05) is 29.9 Å². The van der Waals surface area contributed by atoms with Crippen molar-refractivity contribution in [2.24, 2.45) is 5.92 Å². The summed E-state index contributed by atoms with van der Waals surface area (Å²) in [7, 11) is 0. The van der Waals surface area contributed by atoms with Crippen molar-refractivity contribution in [1.29, 1.82) is 0 Å². The van der Waals surface area contributed by atoms with Crippen molar-refractivity contribution < 1.29 is 9.59 Å². The molecule has 2 aromatic carbocycles. The van der Waals surface area contributed by atoms with E-state index in [-0.39, 0.29) is 36.6 Å². The lowest BCUT2D eigenvalue weighted by Gasteiger charge is -2.25. The first-order valence-corrected chi connectivity index (χ1v) is 13.6. The Labute approximate surface area is 224 Å².